The Morgan fingerprint density at radius 2 is 1.70 bits per heavy atom. The van der Waals surface area contributed by atoms with Crippen LogP contribution < -0.4 is 10.0 Å². The highest BCUT2D eigenvalue weighted by Crippen LogP contribution is 2.26. The van der Waals surface area contributed by atoms with E-state index in [1.807, 2.05) is 51.2 Å². The van der Waals surface area contributed by atoms with Crippen molar-refractivity contribution in [2.45, 2.75) is 25.3 Å². The van der Waals surface area contributed by atoms with Crippen LogP contribution in [-0.4, -0.2) is 14.3 Å². The van der Waals surface area contributed by atoms with Crippen LogP contribution in [0.15, 0.2) is 71.6 Å². The van der Waals surface area contributed by atoms with Gasteiger partial charge in [0.05, 0.1) is 11.4 Å². The Morgan fingerprint density at radius 1 is 1.00 bits per heavy atom. The number of anilines is 2. The molecule has 7 heteroatoms. The first-order chi connectivity index (χ1) is 14.3. The number of nitrogens with one attached hydrogen (secondary N) is 2. The molecule has 1 aromatic heterocycles. The van der Waals surface area contributed by atoms with Crippen molar-refractivity contribution in [2.75, 3.05) is 10.0 Å². The van der Waals surface area contributed by atoms with Crippen molar-refractivity contribution in [3.63, 3.8) is 0 Å². The monoisotopic (exact) mass is 421 g/mol. The van der Waals surface area contributed by atoms with E-state index < -0.39 is 10.4 Å². The number of aromatic nitrogens is 2. The van der Waals surface area contributed by atoms with Gasteiger partial charge in [0.15, 0.2) is 0 Å². The molecule has 0 radical (unpaired) electrons. The minimum atomic E-state index is -3.43. The van der Waals surface area contributed by atoms with Gasteiger partial charge in [-0.3, -0.25) is 4.68 Å². The summed E-state index contributed by atoms with van der Waals surface area (Å²) in [5.74, 6) is 0. The Bertz CT molecular complexity index is 1240. The van der Waals surface area contributed by atoms with Gasteiger partial charge in [0.2, 0.25) is 4.90 Å². The maximum atomic E-state index is 12.9. The van der Waals surface area contributed by atoms with Crippen LogP contribution in [0.2, 0.25) is 0 Å². The normalized spacial score (nSPS) is 13.2. The lowest BCUT2D eigenvalue weighted by Gasteiger charge is -2.11. The molecule has 4 aromatic rings. The lowest BCUT2D eigenvalue weighted by Crippen LogP contribution is -2.21. The van der Waals surface area contributed by atoms with E-state index in [1.54, 1.807) is 16.8 Å². The molecule has 154 valence electrons. The van der Waals surface area contributed by atoms with Crippen molar-refractivity contribution in [1.29, 1.82) is 0 Å². The maximum Gasteiger partial charge on any atom is 0.346 e. The molecule has 0 spiro atoms. The molecule has 3 N–H and O–H groups in total. The maximum absolute atomic E-state index is 12.9. The van der Waals surface area contributed by atoms with Crippen molar-refractivity contribution in [1.82, 2.24) is 9.78 Å². The van der Waals surface area contributed by atoms with Crippen LogP contribution in [0.25, 0.3) is 10.8 Å². The van der Waals surface area contributed by atoms with Crippen molar-refractivity contribution < 1.29 is 8.76 Å². The van der Waals surface area contributed by atoms with Crippen LogP contribution in [0.5, 0.6) is 0 Å². The van der Waals surface area contributed by atoms with E-state index in [-0.39, 0.29) is 0 Å². The van der Waals surface area contributed by atoms with Gasteiger partial charge in [-0.25, -0.2) is 0 Å². The van der Waals surface area contributed by atoms with Crippen LogP contribution >= 0.6 is 0 Å². The molecule has 1 heterocycles. The predicted molar refractivity (Wildman–Crippen MR) is 123 cm³/mol. The van der Waals surface area contributed by atoms with E-state index in [9.17, 15) is 8.76 Å². The topological polar surface area (TPSA) is 79.2 Å². The zero-order valence-corrected chi connectivity index (χ0v) is 18.0. The van der Waals surface area contributed by atoms with E-state index in [2.05, 4.69) is 39.4 Å². The third-order valence-electron chi connectivity index (χ3n) is 5.26. The fourth-order valence-electron chi connectivity index (χ4n) is 3.49. The number of aryl methyl sites for hydroxylation is 2. The summed E-state index contributed by atoms with van der Waals surface area (Å²) in [7, 11) is -1.62. The van der Waals surface area contributed by atoms with E-state index in [1.165, 1.54) is 10.8 Å². The van der Waals surface area contributed by atoms with Gasteiger partial charge in [-0.05, 0) is 47.2 Å². The van der Waals surface area contributed by atoms with Crippen molar-refractivity contribution in [3.05, 3.63) is 83.7 Å². The number of hydrogen-bond acceptors (Lipinski definition) is 3. The van der Waals surface area contributed by atoms with Gasteiger partial charge in [-0.15, -0.1) is 0 Å². The van der Waals surface area contributed by atoms with Crippen LogP contribution in [0.4, 0.5) is 11.4 Å². The molecule has 0 saturated carbocycles. The van der Waals surface area contributed by atoms with Gasteiger partial charge < -0.3 is 5.32 Å². The zero-order valence-electron chi connectivity index (χ0n) is 17.2. The molecule has 30 heavy (non-hydrogen) atoms. The van der Waals surface area contributed by atoms with E-state index in [0.717, 1.165) is 16.9 Å². The highest BCUT2D eigenvalue weighted by Gasteiger charge is 2.31. The van der Waals surface area contributed by atoms with Gasteiger partial charge in [-0.1, -0.05) is 48.5 Å². The quantitative estimate of drug-likeness (QED) is 0.376. The Labute approximate surface area is 177 Å². The van der Waals surface area contributed by atoms with E-state index in [0.29, 0.717) is 22.8 Å². The van der Waals surface area contributed by atoms with Crippen molar-refractivity contribution >= 4 is 32.5 Å². The van der Waals surface area contributed by atoms with Crippen molar-refractivity contribution in [3.8, 4) is 0 Å². The van der Waals surface area contributed by atoms with Gasteiger partial charge in [-0.2, -0.15) is 14.4 Å². The average Bonchev–Trinajstić information content (AvgIpc) is 2.98. The Kier molecular flexibility index (Phi) is 5.32. The molecule has 0 amide bonds. The molecule has 1 unspecified atom stereocenters. The molecule has 1 atom stereocenters. The summed E-state index contributed by atoms with van der Waals surface area (Å²) in [4.78, 5) is 0.332. The largest absolute Gasteiger partial charge is 0.380 e. The third kappa shape index (κ3) is 3.94. The van der Waals surface area contributed by atoms with Crippen LogP contribution in [-0.2, 0) is 28.2 Å². The van der Waals surface area contributed by atoms with Crippen LogP contribution in [0.3, 0.4) is 0 Å². The second-order valence-corrected chi connectivity index (χ2v) is 9.05. The molecule has 0 bridgehead atoms. The smallest absolute Gasteiger partial charge is 0.346 e. The summed E-state index contributed by atoms with van der Waals surface area (Å²) >= 11 is 0. The first-order valence-electron chi connectivity index (χ1n) is 9.70. The molecular formula is C23H25N4O2S+. The Hall–Kier alpha value is -3.16. The summed E-state index contributed by atoms with van der Waals surface area (Å²) in [5, 5.41) is 10.1. The predicted octanol–water partition coefficient (Wildman–Crippen LogP) is 5.16. The molecule has 0 aliphatic carbocycles. The summed E-state index contributed by atoms with van der Waals surface area (Å²) < 4.78 is 27.9. The standard InChI is InChI=1S/C23H24N4O2S/c1-16-23(17(2)27(3)25-16)26-30(28,29)20-13-11-18(12-14-20)15-24-22-10-6-8-19-7-4-5-9-21(19)22/h4-14,24H,15H2,1-3H3,(H-,26,28,29)/p+1. The molecule has 0 fully saturated rings. The number of benzene rings is 3. The minimum Gasteiger partial charge on any atom is -0.380 e. The summed E-state index contributed by atoms with van der Waals surface area (Å²) in [5.41, 5.74) is 4.17. The second-order valence-electron chi connectivity index (χ2n) is 7.32. The Morgan fingerprint density at radius 3 is 2.40 bits per heavy atom. The number of hydrogen-bond donors (Lipinski definition) is 3. The summed E-state index contributed by atoms with van der Waals surface area (Å²) in [6.45, 7) is 4.29. The van der Waals surface area contributed by atoms with Gasteiger partial charge >= 0.3 is 10.4 Å². The van der Waals surface area contributed by atoms with Crippen LogP contribution in [0.1, 0.15) is 17.0 Å². The van der Waals surface area contributed by atoms with Crippen LogP contribution in [0, 0.1) is 13.8 Å². The number of nitrogens with zero attached hydrogens (tertiary/aromatic N) is 2. The zero-order chi connectivity index (χ0) is 21.3. The Balaban J connectivity index is 1.49. The molecular weight excluding hydrogens is 396 g/mol. The highest BCUT2D eigenvalue weighted by atomic mass is 32.3. The molecule has 4 rings (SSSR count). The first kappa shape index (κ1) is 20.1. The van der Waals surface area contributed by atoms with E-state index in [4.69, 9.17) is 0 Å². The lowest BCUT2D eigenvalue weighted by molar-refractivity contribution is 0.502. The van der Waals surface area contributed by atoms with Gasteiger partial charge in [0, 0.05) is 24.7 Å². The molecule has 0 aliphatic rings. The number of fused-ring (bicyclic) bond motifs is 1. The molecule has 6 nitrogen and oxygen atoms in total. The summed E-state index contributed by atoms with van der Waals surface area (Å²) in [6.07, 6.45) is 0. The number of rotatable bonds is 6. The molecule has 0 aliphatic heterocycles. The average molecular weight is 422 g/mol. The second kappa shape index (κ2) is 7.93. The van der Waals surface area contributed by atoms with E-state index >= 15 is 0 Å². The lowest BCUT2D eigenvalue weighted by atomic mass is 10.1. The fraction of sp³-hybridized carbons (Fsp3) is 0.174. The van der Waals surface area contributed by atoms with Crippen molar-refractivity contribution in [2.24, 2.45) is 7.05 Å². The fourth-order valence-corrected chi connectivity index (χ4v) is 4.68. The van der Waals surface area contributed by atoms with Gasteiger partial charge in [0.1, 0.15) is 5.69 Å². The molecule has 0 saturated heterocycles. The summed E-state index contributed by atoms with van der Waals surface area (Å²) in [6, 6.07) is 21.5. The molecule has 3 aromatic carbocycles. The third-order valence-corrected chi connectivity index (χ3v) is 6.66. The first-order valence-corrected chi connectivity index (χ1v) is 11.2. The van der Waals surface area contributed by atoms with Gasteiger partial charge in [0.25, 0.3) is 0 Å². The minimum absolute atomic E-state index is 0.332. The SMILES string of the molecule is Cc1nn(C)c(C)c1N[S+](=O)(O)c1ccc(CNc2cccc3ccccc23)cc1. The highest BCUT2D eigenvalue weighted by molar-refractivity contribution is 7.99.